The van der Waals surface area contributed by atoms with Gasteiger partial charge in [-0.1, -0.05) is 42.1 Å². The Hall–Kier alpha value is -2.40. The Bertz CT molecular complexity index is 824. The number of pyridine rings is 1. The third kappa shape index (κ3) is 3.35. The predicted molar refractivity (Wildman–Crippen MR) is 94.9 cm³/mol. The lowest BCUT2D eigenvalue weighted by molar-refractivity contribution is 0.881. The highest BCUT2D eigenvalue weighted by Gasteiger charge is 2.17. The molecule has 0 amide bonds. The van der Waals surface area contributed by atoms with Crippen molar-refractivity contribution < 1.29 is 0 Å². The molecular weight excluding hydrogens is 304 g/mol. The summed E-state index contributed by atoms with van der Waals surface area (Å²) < 4.78 is 2.10. The van der Waals surface area contributed by atoms with Crippen molar-refractivity contribution in [3.8, 4) is 17.1 Å². The molecule has 5 heteroatoms. The molecule has 23 heavy (non-hydrogen) atoms. The summed E-state index contributed by atoms with van der Waals surface area (Å²) in [6.07, 6.45) is 3.57. The van der Waals surface area contributed by atoms with Crippen LogP contribution in [0.5, 0.6) is 0 Å². The van der Waals surface area contributed by atoms with Gasteiger partial charge in [0.25, 0.3) is 0 Å². The first-order valence-electron chi connectivity index (χ1n) is 7.36. The van der Waals surface area contributed by atoms with Crippen molar-refractivity contribution >= 4 is 11.8 Å². The van der Waals surface area contributed by atoms with Gasteiger partial charge in [-0.3, -0.25) is 9.55 Å². The maximum atomic E-state index is 4.40. The topological polar surface area (TPSA) is 43.6 Å². The van der Waals surface area contributed by atoms with E-state index in [-0.39, 0.29) is 0 Å². The molecule has 0 spiro atoms. The molecule has 116 valence electrons. The van der Waals surface area contributed by atoms with Crippen LogP contribution in [0.1, 0.15) is 12.5 Å². The van der Waals surface area contributed by atoms with Crippen LogP contribution in [-0.2, 0) is 0 Å². The Balaban J connectivity index is 2.14. The molecule has 1 aromatic carbocycles. The molecule has 0 radical (unpaired) electrons. The molecule has 0 bridgehead atoms. The molecular formula is C18H18N4S. The van der Waals surface area contributed by atoms with Crippen molar-refractivity contribution in [1.82, 2.24) is 19.7 Å². The number of para-hydroxylation sites is 1. The van der Waals surface area contributed by atoms with Gasteiger partial charge < -0.3 is 0 Å². The minimum absolute atomic E-state index is 0.802. The van der Waals surface area contributed by atoms with Crippen molar-refractivity contribution in [3.05, 3.63) is 66.5 Å². The van der Waals surface area contributed by atoms with E-state index in [1.807, 2.05) is 37.4 Å². The molecule has 0 aliphatic rings. The van der Waals surface area contributed by atoms with Crippen LogP contribution in [0.25, 0.3) is 17.1 Å². The Morgan fingerprint density at radius 3 is 2.70 bits per heavy atom. The van der Waals surface area contributed by atoms with Gasteiger partial charge in [0, 0.05) is 23.7 Å². The van der Waals surface area contributed by atoms with Crippen molar-refractivity contribution in [2.24, 2.45) is 0 Å². The number of aryl methyl sites for hydroxylation is 1. The molecule has 0 unspecified atom stereocenters. The summed E-state index contributed by atoms with van der Waals surface area (Å²) in [5.41, 5.74) is 4.32. The molecule has 0 N–H and O–H groups in total. The Morgan fingerprint density at radius 1 is 1.17 bits per heavy atom. The van der Waals surface area contributed by atoms with Gasteiger partial charge >= 0.3 is 0 Å². The standard InChI is InChI=1S/C18H18N4S/c1-13(2)12-23-18-21-20-17(15-8-6-10-19-11-15)22(18)16-9-5-4-7-14(16)3/h4-11H,1,12H2,2-3H3. The van der Waals surface area contributed by atoms with E-state index in [0.717, 1.165) is 33.6 Å². The van der Waals surface area contributed by atoms with Crippen LogP contribution in [0.15, 0.2) is 66.1 Å². The SMILES string of the molecule is C=C(C)CSc1nnc(-c2cccnc2)n1-c1ccccc1C. The van der Waals surface area contributed by atoms with Gasteiger partial charge in [-0.2, -0.15) is 0 Å². The molecule has 0 saturated carbocycles. The van der Waals surface area contributed by atoms with Crippen LogP contribution >= 0.6 is 11.8 Å². The number of rotatable bonds is 5. The molecule has 0 aliphatic heterocycles. The Kier molecular flexibility index (Phi) is 4.57. The number of benzene rings is 1. The van der Waals surface area contributed by atoms with E-state index in [2.05, 4.69) is 45.4 Å². The van der Waals surface area contributed by atoms with Gasteiger partial charge in [0.05, 0.1) is 5.69 Å². The number of hydrogen-bond donors (Lipinski definition) is 0. The maximum Gasteiger partial charge on any atom is 0.196 e. The number of aromatic nitrogens is 4. The highest BCUT2D eigenvalue weighted by Crippen LogP contribution is 2.29. The van der Waals surface area contributed by atoms with Gasteiger partial charge in [-0.25, -0.2) is 0 Å². The first-order chi connectivity index (χ1) is 11.2. The van der Waals surface area contributed by atoms with Gasteiger partial charge in [-0.05, 0) is 37.6 Å². The van der Waals surface area contributed by atoms with E-state index in [9.17, 15) is 0 Å². The molecule has 2 heterocycles. The van der Waals surface area contributed by atoms with Crippen molar-refractivity contribution in [2.45, 2.75) is 19.0 Å². The number of thioether (sulfide) groups is 1. The molecule has 0 saturated heterocycles. The first-order valence-corrected chi connectivity index (χ1v) is 8.34. The average molecular weight is 322 g/mol. The molecule has 0 aliphatic carbocycles. The summed E-state index contributed by atoms with van der Waals surface area (Å²) in [6.45, 7) is 8.08. The van der Waals surface area contributed by atoms with Crippen LogP contribution < -0.4 is 0 Å². The molecule has 0 atom stereocenters. The first kappa shape index (κ1) is 15.5. The number of nitrogens with zero attached hydrogens (tertiary/aromatic N) is 4. The zero-order valence-corrected chi connectivity index (χ0v) is 14.0. The van der Waals surface area contributed by atoms with Crippen molar-refractivity contribution in [2.75, 3.05) is 5.75 Å². The minimum atomic E-state index is 0.802. The van der Waals surface area contributed by atoms with Crippen LogP contribution in [0.4, 0.5) is 0 Å². The molecule has 3 aromatic rings. The normalized spacial score (nSPS) is 10.7. The van der Waals surface area contributed by atoms with Crippen LogP contribution in [0, 0.1) is 6.92 Å². The van der Waals surface area contributed by atoms with Crippen LogP contribution in [-0.4, -0.2) is 25.5 Å². The smallest absolute Gasteiger partial charge is 0.196 e. The average Bonchev–Trinajstić information content (AvgIpc) is 2.98. The monoisotopic (exact) mass is 322 g/mol. The Labute approximate surface area is 140 Å². The summed E-state index contributed by atoms with van der Waals surface area (Å²) in [6, 6.07) is 12.2. The highest BCUT2D eigenvalue weighted by atomic mass is 32.2. The summed E-state index contributed by atoms with van der Waals surface area (Å²) in [5, 5.41) is 9.66. The van der Waals surface area contributed by atoms with Crippen LogP contribution in [0.3, 0.4) is 0 Å². The lowest BCUT2D eigenvalue weighted by atomic mass is 10.2. The fourth-order valence-corrected chi connectivity index (χ4v) is 3.05. The third-order valence-electron chi connectivity index (χ3n) is 3.36. The molecule has 3 rings (SSSR count). The largest absolute Gasteiger partial charge is 0.270 e. The van der Waals surface area contributed by atoms with Crippen molar-refractivity contribution in [1.29, 1.82) is 0 Å². The second-order valence-electron chi connectivity index (χ2n) is 5.42. The van der Waals surface area contributed by atoms with E-state index in [1.165, 1.54) is 5.56 Å². The van der Waals surface area contributed by atoms with Gasteiger partial charge in [0.2, 0.25) is 0 Å². The van der Waals surface area contributed by atoms with E-state index in [1.54, 1.807) is 18.0 Å². The van der Waals surface area contributed by atoms with Gasteiger partial charge in [0.15, 0.2) is 11.0 Å². The quantitative estimate of drug-likeness (QED) is 0.519. The summed E-state index contributed by atoms with van der Waals surface area (Å²) in [5.74, 6) is 1.62. The second-order valence-corrected chi connectivity index (χ2v) is 6.36. The highest BCUT2D eigenvalue weighted by molar-refractivity contribution is 7.99. The Morgan fingerprint density at radius 2 is 2.00 bits per heavy atom. The zero-order chi connectivity index (χ0) is 16.2. The third-order valence-corrected chi connectivity index (χ3v) is 4.52. The lowest BCUT2D eigenvalue weighted by Crippen LogP contribution is -2.02. The lowest BCUT2D eigenvalue weighted by Gasteiger charge is -2.12. The fraction of sp³-hybridized carbons (Fsp3) is 0.167. The zero-order valence-electron chi connectivity index (χ0n) is 13.2. The van der Waals surface area contributed by atoms with Gasteiger partial charge in [0.1, 0.15) is 0 Å². The maximum absolute atomic E-state index is 4.40. The van der Waals surface area contributed by atoms with Gasteiger partial charge in [-0.15, -0.1) is 10.2 Å². The van der Waals surface area contributed by atoms with Crippen LogP contribution in [0.2, 0.25) is 0 Å². The summed E-state index contributed by atoms with van der Waals surface area (Å²) in [4.78, 5) is 4.20. The fourth-order valence-electron chi connectivity index (χ4n) is 2.26. The van der Waals surface area contributed by atoms with E-state index in [4.69, 9.17) is 0 Å². The molecule has 4 nitrogen and oxygen atoms in total. The predicted octanol–water partition coefficient (Wildman–Crippen LogP) is 4.31. The second kappa shape index (κ2) is 6.79. The minimum Gasteiger partial charge on any atom is -0.270 e. The molecule has 2 aromatic heterocycles. The van der Waals surface area contributed by atoms with E-state index < -0.39 is 0 Å². The number of hydrogen-bond acceptors (Lipinski definition) is 4. The van der Waals surface area contributed by atoms with Crippen molar-refractivity contribution in [3.63, 3.8) is 0 Å². The van der Waals surface area contributed by atoms with E-state index in [0.29, 0.717) is 0 Å². The summed E-state index contributed by atoms with van der Waals surface area (Å²) in [7, 11) is 0. The van der Waals surface area contributed by atoms with E-state index >= 15 is 0 Å². The summed E-state index contributed by atoms with van der Waals surface area (Å²) >= 11 is 1.64. The molecule has 0 fully saturated rings.